The highest BCUT2D eigenvalue weighted by Crippen LogP contribution is 2.28. The van der Waals surface area contributed by atoms with Crippen LogP contribution in [0.25, 0.3) is 28.3 Å². The molecule has 0 saturated carbocycles. The molecular weight excluding hydrogens is 363 g/mol. The van der Waals surface area contributed by atoms with E-state index in [0.717, 1.165) is 5.56 Å². The van der Waals surface area contributed by atoms with Crippen molar-refractivity contribution in [2.24, 2.45) is 0 Å². The van der Waals surface area contributed by atoms with E-state index in [1.165, 1.54) is 6.07 Å². The molecule has 0 amide bonds. The van der Waals surface area contributed by atoms with Crippen LogP contribution < -0.4 is 10.6 Å². The number of fused-ring (bicyclic) bond motifs is 1. The third-order valence-electron chi connectivity index (χ3n) is 4.74. The fraction of sp³-hybridized carbons (Fsp3) is 0.222. The summed E-state index contributed by atoms with van der Waals surface area (Å²) in [6, 6.07) is 5.00. The van der Waals surface area contributed by atoms with Crippen molar-refractivity contribution in [3.8, 4) is 22.6 Å². The van der Waals surface area contributed by atoms with Crippen LogP contribution >= 0.6 is 0 Å². The number of nitrogen functional groups attached to an aromatic ring is 1. The number of hydrogen-bond acceptors (Lipinski definition) is 7. The monoisotopic (exact) mass is 380 g/mol. The van der Waals surface area contributed by atoms with Crippen molar-refractivity contribution < 1.29 is 9.13 Å². The normalized spacial score (nSPS) is 14.7. The number of H-pyrrole nitrogens is 1. The zero-order chi connectivity index (χ0) is 19.1. The molecule has 0 radical (unpaired) electrons. The van der Waals surface area contributed by atoms with Crippen LogP contribution in [0.3, 0.4) is 0 Å². The highest BCUT2D eigenvalue weighted by atomic mass is 19.1. The van der Waals surface area contributed by atoms with Gasteiger partial charge in [0.1, 0.15) is 5.82 Å². The highest BCUT2D eigenvalue weighted by molar-refractivity contribution is 5.71. The Morgan fingerprint density at radius 1 is 1.14 bits per heavy atom. The lowest BCUT2D eigenvalue weighted by Crippen LogP contribution is -2.36. The van der Waals surface area contributed by atoms with Gasteiger partial charge in [-0.25, -0.2) is 18.9 Å². The quantitative estimate of drug-likeness (QED) is 0.557. The summed E-state index contributed by atoms with van der Waals surface area (Å²) < 4.78 is 21.7. The molecule has 28 heavy (non-hydrogen) atoms. The first-order valence-corrected chi connectivity index (χ1v) is 8.84. The average molecular weight is 380 g/mol. The number of anilines is 2. The summed E-state index contributed by atoms with van der Waals surface area (Å²) >= 11 is 0. The van der Waals surface area contributed by atoms with E-state index < -0.39 is 0 Å². The molecule has 4 aromatic rings. The van der Waals surface area contributed by atoms with Gasteiger partial charge in [0.2, 0.25) is 0 Å². The fourth-order valence-corrected chi connectivity index (χ4v) is 3.31. The van der Waals surface area contributed by atoms with Crippen LogP contribution in [0.5, 0.6) is 0 Å². The van der Waals surface area contributed by atoms with Crippen molar-refractivity contribution in [3.05, 3.63) is 42.6 Å². The number of rotatable bonds is 3. The van der Waals surface area contributed by atoms with Crippen molar-refractivity contribution in [1.82, 2.24) is 29.8 Å². The third kappa shape index (κ3) is 2.74. The number of morpholine rings is 1. The zero-order valence-corrected chi connectivity index (χ0v) is 14.8. The van der Waals surface area contributed by atoms with Gasteiger partial charge in [0.15, 0.2) is 17.3 Å². The third-order valence-corrected chi connectivity index (χ3v) is 4.74. The Labute approximate surface area is 159 Å². The van der Waals surface area contributed by atoms with E-state index in [4.69, 9.17) is 10.5 Å². The first kappa shape index (κ1) is 16.6. The summed E-state index contributed by atoms with van der Waals surface area (Å²) in [7, 11) is 0. The van der Waals surface area contributed by atoms with Gasteiger partial charge in [-0.1, -0.05) is 0 Å². The van der Waals surface area contributed by atoms with E-state index in [1.54, 1.807) is 29.2 Å². The molecule has 0 spiro atoms. The Morgan fingerprint density at radius 3 is 2.75 bits per heavy atom. The molecule has 1 aliphatic heterocycles. The first-order valence-electron chi connectivity index (χ1n) is 8.84. The van der Waals surface area contributed by atoms with E-state index in [-0.39, 0.29) is 11.6 Å². The van der Waals surface area contributed by atoms with Crippen LogP contribution in [0, 0.1) is 5.82 Å². The van der Waals surface area contributed by atoms with Gasteiger partial charge in [0.25, 0.3) is 0 Å². The number of hydrogen-bond donors (Lipinski definition) is 2. The van der Waals surface area contributed by atoms with Crippen LogP contribution in [0.4, 0.5) is 15.9 Å². The molecule has 0 aliphatic carbocycles. The fourth-order valence-electron chi connectivity index (χ4n) is 3.31. The molecule has 1 aromatic carbocycles. The predicted octanol–water partition coefficient (Wildman–Crippen LogP) is 1.74. The van der Waals surface area contributed by atoms with Gasteiger partial charge in [-0.3, -0.25) is 5.10 Å². The van der Waals surface area contributed by atoms with E-state index >= 15 is 0 Å². The molecule has 0 unspecified atom stereocenters. The van der Waals surface area contributed by atoms with Crippen LogP contribution in [-0.2, 0) is 4.74 Å². The van der Waals surface area contributed by atoms with Crippen LogP contribution in [0.2, 0.25) is 0 Å². The number of ether oxygens (including phenoxy) is 1. The lowest BCUT2D eigenvalue weighted by molar-refractivity contribution is 0.122. The lowest BCUT2D eigenvalue weighted by Gasteiger charge is -2.29. The van der Waals surface area contributed by atoms with Gasteiger partial charge in [-0.2, -0.15) is 5.10 Å². The number of aromatic amines is 1. The maximum absolute atomic E-state index is 14.8. The maximum Gasteiger partial charge on any atom is 0.199 e. The Bertz CT molecular complexity index is 1130. The maximum atomic E-state index is 14.8. The number of nitrogens with one attached hydrogen (secondary N) is 1. The molecular formula is C18H17FN8O. The van der Waals surface area contributed by atoms with Crippen LogP contribution in [-0.4, -0.2) is 56.1 Å². The number of benzene rings is 1. The first-order chi connectivity index (χ1) is 13.7. The van der Waals surface area contributed by atoms with Crippen LogP contribution in [0.1, 0.15) is 0 Å². The van der Waals surface area contributed by atoms with E-state index in [1.807, 2.05) is 11.0 Å². The molecule has 9 nitrogen and oxygen atoms in total. The summed E-state index contributed by atoms with van der Waals surface area (Å²) in [6.45, 7) is 2.52. The van der Waals surface area contributed by atoms with Gasteiger partial charge in [0.05, 0.1) is 37.0 Å². The van der Waals surface area contributed by atoms with Gasteiger partial charge in [-0.05, 0) is 18.2 Å². The number of aromatic nitrogens is 6. The molecule has 5 rings (SSSR count). The molecule has 1 saturated heterocycles. The van der Waals surface area contributed by atoms with Crippen molar-refractivity contribution in [3.63, 3.8) is 0 Å². The second kappa shape index (κ2) is 6.57. The second-order valence-electron chi connectivity index (χ2n) is 6.45. The molecule has 3 aromatic heterocycles. The number of halogens is 1. The largest absolute Gasteiger partial charge is 0.381 e. The minimum atomic E-state index is -0.320. The number of nitrogens with zero attached hydrogens (tertiary/aromatic N) is 6. The van der Waals surface area contributed by atoms with Crippen molar-refractivity contribution >= 4 is 17.2 Å². The molecule has 3 N–H and O–H groups in total. The predicted molar refractivity (Wildman–Crippen MR) is 101 cm³/mol. The Kier molecular flexibility index (Phi) is 3.90. The van der Waals surface area contributed by atoms with Crippen LogP contribution in [0.15, 0.2) is 36.8 Å². The Morgan fingerprint density at radius 2 is 2.00 bits per heavy atom. The summed E-state index contributed by atoms with van der Waals surface area (Å²) in [5.74, 6) is 0.299. The minimum Gasteiger partial charge on any atom is -0.381 e. The zero-order valence-electron chi connectivity index (χ0n) is 14.8. The van der Waals surface area contributed by atoms with Gasteiger partial charge in [-0.15, -0.1) is 5.10 Å². The van der Waals surface area contributed by atoms with E-state index in [2.05, 4.69) is 25.3 Å². The summed E-state index contributed by atoms with van der Waals surface area (Å²) in [6.07, 6.45) is 4.99. The molecule has 142 valence electrons. The topological polar surface area (TPSA) is 110 Å². The summed E-state index contributed by atoms with van der Waals surface area (Å²) in [5.41, 5.74) is 8.97. The summed E-state index contributed by atoms with van der Waals surface area (Å²) in [5, 5.41) is 11.2. The lowest BCUT2D eigenvalue weighted by atomic mass is 10.1. The summed E-state index contributed by atoms with van der Waals surface area (Å²) in [4.78, 5) is 10.6. The average Bonchev–Trinajstić information content (AvgIpc) is 3.40. The number of nitrogens with two attached hydrogens (primary N) is 1. The molecule has 4 heterocycles. The highest BCUT2D eigenvalue weighted by Gasteiger charge is 2.18. The molecule has 1 aliphatic rings. The molecule has 0 atom stereocenters. The van der Waals surface area contributed by atoms with Gasteiger partial charge in [0, 0.05) is 30.4 Å². The minimum absolute atomic E-state index is 0.247. The van der Waals surface area contributed by atoms with Gasteiger partial charge >= 0.3 is 0 Å². The molecule has 1 fully saturated rings. The Hall–Kier alpha value is -3.53. The van der Waals surface area contributed by atoms with E-state index in [0.29, 0.717) is 54.7 Å². The standard InChI is InChI=1S/C18H17FN8O/c19-13-7-11(1-2-14(13)26-3-5-28-6-4-26)17-24-18-16(20)21-10-15(27(18)25-17)12-8-22-23-9-12/h1-2,7-10H,3-6H2,(H2,20,21)(H,22,23). The van der Waals surface area contributed by atoms with E-state index in [9.17, 15) is 4.39 Å². The smallest absolute Gasteiger partial charge is 0.199 e. The SMILES string of the molecule is Nc1ncc(-c2cn[nH]c2)n2nc(-c3ccc(N4CCOCC4)c(F)c3)nc12. The molecule has 10 heteroatoms. The van der Waals surface area contributed by atoms with Crippen molar-refractivity contribution in [2.45, 2.75) is 0 Å². The second-order valence-corrected chi connectivity index (χ2v) is 6.45. The Balaban J connectivity index is 1.57. The van der Waals surface area contributed by atoms with Crippen molar-refractivity contribution in [1.29, 1.82) is 0 Å². The van der Waals surface area contributed by atoms with Crippen molar-refractivity contribution in [2.75, 3.05) is 36.9 Å². The van der Waals surface area contributed by atoms with Gasteiger partial charge < -0.3 is 15.4 Å². The molecule has 0 bridgehead atoms.